The third-order valence-electron chi connectivity index (χ3n) is 3.88. The smallest absolute Gasteiger partial charge is 0.123 e. The van der Waals surface area contributed by atoms with Crippen LogP contribution in [0.2, 0.25) is 0 Å². The number of nitrogens with one attached hydrogen (secondary N) is 1. The van der Waals surface area contributed by atoms with E-state index in [-0.39, 0.29) is 5.82 Å². The maximum atomic E-state index is 12.9. The zero-order valence-electron chi connectivity index (χ0n) is 11.3. The fourth-order valence-electron chi connectivity index (χ4n) is 2.62. The molecule has 18 heavy (non-hydrogen) atoms. The average Bonchev–Trinajstić information content (AvgIpc) is 2.41. The van der Waals surface area contributed by atoms with Gasteiger partial charge in [-0.05, 0) is 30.5 Å². The molecule has 2 rings (SSSR count). The zero-order chi connectivity index (χ0) is 13.0. The van der Waals surface area contributed by atoms with E-state index in [9.17, 15) is 4.39 Å². The molecular formula is C15H23FN2. The lowest BCUT2D eigenvalue weighted by Crippen LogP contribution is -2.55. The molecule has 3 heteroatoms. The number of rotatable bonds is 4. The number of nitrogens with zero attached hydrogens (tertiary/aromatic N) is 1. The van der Waals surface area contributed by atoms with Gasteiger partial charge in [-0.15, -0.1) is 0 Å². The van der Waals surface area contributed by atoms with Crippen molar-refractivity contribution in [1.29, 1.82) is 0 Å². The Morgan fingerprint density at radius 1 is 1.22 bits per heavy atom. The monoisotopic (exact) mass is 250 g/mol. The lowest BCUT2D eigenvalue weighted by Gasteiger charge is -2.40. The number of hydrogen-bond donors (Lipinski definition) is 1. The molecule has 0 aromatic heterocycles. The molecule has 0 aliphatic carbocycles. The van der Waals surface area contributed by atoms with Crippen molar-refractivity contribution in [3.63, 3.8) is 0 Å². The molecule has 100 valence electrons. The van der Waals surface area contributed by atoms with Crippen molar-refractivity contribution in [2.45, 2.75) is 45.3 Å². The van der Waals surface area contributed by atoms with Gasteiger partial charge in [0.1, 0.15) is 5.82 Å². The molecule has 1 aromatic rings. The van der Waals surface area contributed by atoms with Crippen LogP contribution in [-0.4, -0.2) is 30.1 Å². The van der Waals surface area contributed by atoms with Crippen molar-refractivity contribution in [2.24, 2.45) is 0 Å². The third-order valence-corrected chi connectivity index (χ3v) is 3.88. The second-order valence-corrected chi connectivity index (χ2v) is 5.13. The first-order chi connectivity index (χ1) is 8.72. The van der Waals surface area contributed by atoms with Crippen LogP contribution in [0, 0.1) is 5.82 Å². The number of halogens is 1. The van der Waals surface area contributed by atoms with Gasteiger partial charge < -0.3 is 5.32 Å². The van der Waals surface area contributed by atoms with Crippen LogP contribution in [0.3, 0.4) is 0 Å². The van der Waals surface area contributed by atoms with E-state index in [4.69, 9.17) is 0 Å². The van der Waals surface area contributed by atoms with Crippen molar-refractivity contribution in [2.75, 3.05) is 13.1 Å². The Kier molecular flexibility index (Phi) is 4.72. The van der Waals surface area contributed by atoms with Crippen molar-refractivity contribution in [3.05, 3.63) is 35.6 Å². The molecule has 0 radical (unpaired) electrons. The first-order valence-corrected chi connectivity index (χ1v) is 6.94. The molecule has 0 bridgehead atoms. The van der Waals surface area contributed by atoms with Gasteiger partial charge in [-0.2, -0.15) is 0 Å². The number of benzene rings is 1. The van der Waals surface area contributed by atoms with Gasteiger partial charge >= 0.3 is 0 Å². The summed E-state index contributed by atoms with van der Waals surface area (Å²) in [5, 5.41) is 3.59. The molecule has 2 atom stereocenters. The van der Waals surface area contributed by atoms with Crippen LogP contribution in [0.5, 0.6) is 0 Å². The van der Waals surface area contributed by atoms with E-state index in [1.165, 1.54) is 5.56 Å². The molecule has 1 N–H and O–H groups in total. The second kappa shape index (κ2) is 6.30. The second-order valence-electron chi connectivity index (χ2n) is 5.13. The Morgan fingerprint density at radius 2 is 1.94 bits per heavy atom. The summed E-state index contributed by atoms with van der Waals surface area (Å²) in [4.78, 5) is 2.53. The Hall–Kier alpha value is -0.930. The van der Waals surface area contributed by atoms with Crippen LogP contribution >= 0.6 is 0 Å². The molecule has 1 aliphatic heterocycles. The summed E-state index contributed by atoms with van der Waals surface area (Å²) in [6.07, 6.45) is 2.32. The topological polar surface area (TPSA) is 15.3 Å². The maximum Gasteiger partial charge on any atom is 0.123 e. The minimum absolute atomic E-state index is 0.155. The van der Waals surface area contributed by atoms with Crippen LogP contribution in [0.1, 0.15) is 32.3 Å². The van der Waals surface area contributed by atoms with Crippen molar-refractivity contribution in [1.82, 2.24) is 10.2 Å². The van der Waals surface area contributed by atoms with Gasteiger partial charge in [-0.3, -0.25) is 4.90 Å². The molecule has 0 saturated carbocycles. The molecule has 0 amide bonds. The molecule has 0 spiro atoms. The Bertz CT molecular complexity index is 363. The normalized spacial score (nSPS) is 25.3. The van der Waals surface area contributed by atoms with Crippen LogP contribution in [-0.2, 0) is 6.54 Å². The highest BCUT2D eigenvalue weighted by Gasteiger charge is 2.25. The van der Waals surface area contributed by atoms with Crippen LogP contribution in [0.4, 0.5) is 4.39 Å². The van der Waals surface area contributed by atoms with Crippen LogP contribution in [0.25, 0.3) is 0 Å². The predicted molar refractivity (Wildman–Crippen MR) is 73.0 cm³/mol. The Labute approximate surface area is 109 Å². The van der Waals surface area contributed by atoms with E-state index >= 15 is 0 Å². The summed E-state index contributed by atoms with van der Waals surface area (Å²) < 4.78 is 12.9. The largest absolute Gasteiger partial charge is 0.311 e. The van der Waals surface area contributed by atoms with Crippen molar-refractivity contribution < 1.29 is 4.39 Å². The highest BCUT2D eigenvalue weighted by molar-refractivity contribution is 5.16. The summed E-state index contributed by atoms with van der Waals surface area (Å²) in [6.45, 7) is 7.54. The summed E-state index contributed by atoms with van der Waals surface area (Å²) >= 11 is 0. The number of hydrogen-bond acceptors (Lipinski definition) is 2. The minimum atomic E-state index is -0.155. The van der Waals surface area contributed by atoms with Gasteiger partial charge in [0.15, 0.2) is 0 Å². The van der Waals surface area contributed by atoms with Gasteiger partial charge in [0.05, 0.1) is 0 Å². The first-order valence-electron chi connectivity index (χ1n) is 6.94. The highest BCUT2D eigenvalue weighted by Crippen LogP contribution is 2.16. The quantitative estimate of drug-likeness (QED) is 0.884. The fourth-order valence-corrected chi connectivity index (χ4v) is 2.62. The summed E-state index contributed by atoms with van der Waals surface area (Å²) in [6, 6.07) is 8.08. The summed E-state index contributed by atoms with van der Waals surface area (Å²) in [7, 11) is 0. The lowest BCUT2D eigenvalue weighted by atomic mass is 10.0. The van der Waals surface area contributed by atoms with Gasteiger partial charge in [0.2, 0.25) is 0 Å². The van der Waals surface area contributed by atoms with Gasteiger partial charge in [0, 0.05) is 31.7 Å². The van der Waals surface area contributed by atoms with E-state index in [1.807, 2.05) is 12.1 Å². The Morgan fingerprint density at radius 3 is 2.56 bits per heavy atom. The fraction of sp³-hybridized carbons (Fsp3) is 0.600. The van der Waals surface area contributed by atoms with E-state index in [0.717, 1.165) is 32.5 Å². The van der Waals surface area contributed by atoms with Gasteiger partial charge in [-0.1, -0.05) is 26.0 Å². The molecule has 1 fully saturated rings. The number of piperazine rings is 1. The predicted octanol–water partition coefficient (Wildman–Crippen LogP) is 2.79. The summed E-state index contributed by atoms with van der Waals surface area (Å²) in [5.74, 6) is -0.155. The molecule has 1 saturated heterocycles. The van der Waals surface area contributed by atoms with E-state index in [2.05, 4.69) is 24.1 Å². The standard InChI is InChI=1S/C15H23FN2/c1-3-14-11-18(15(4-2)9-17-14)10-12-5-7-13(16)8-6-12/h5-8,14-15,17H,3-4,9-11H2,1-2H3. The lowest BCUT2D eigenvalue weighted by molar-refractivity contribution is 0.117. The van der Waals surface area contributed by atoms with E-state index < -0.39 is 0 Å². The molecule has 1 heterocycles. The van der Waals surface area contributed by atoms with Gasteiger partial charge in [0.25, 0.3) is 0 Å². The maximum absolute atomic E-state index is 12.9. The highest BCUT2D eigenvalue weighted by atomic mass is 19.1. The average molecular weight is 250 g/mol. The van der Waals surface area contributed by atoms with Crippen LogP contribution < -0.4 is 5.32 Å². The third kappa shape index (κ3) is 3.30. The first kappa shape index (κ1) is 13.5. The molecular weight excluding hydrogens is 227 g/mol. The van der Waals surface area contributed by atoms with Crippen LogP contribution in [0.15, 0.2) is 24.3 Å². The van der Waals surface area contributed by atoms with E-state index in [1.54, 1.807) is 12.1 Å². The molecule has 2 nitrogen and oxygen atoms in total. The zero-order valence-corrected chi connectivity index (χ0v) is 11.3. The van der Waals surface area contributed by atoms with Crippen molar-refractivity contribution >= 4 is 0 Å². The Balaban J connectivity index is 2.02. The molecule has 2 unspecified atom stereocenters. The molecule has 1 aromatic carbocycles. The minimum Gasteiger partial charge on any atom is -0.311 e. The van der Waals surface area contributed by atoms with Crippen molar-refractivity contribution in [3.8, 4) is 0 Å². The molecule has 1 aliphatic rings. The van der Waals surface area contributed by atoms with E-state index in [0.29, 0.717) is 12.1 Å². The SMILES string of the molecule is CCC1CN(Cc2ccc(F)cc2)C(CC)CN1. The van der Waals surface area contributed by atoms with Gasteiger partial charge in [-0.25, -0.2) is 4.39 Å². The summed E-state index contributed by atoms with van der Waals surface area (Å²) in [5.41, 5.74) is 1.20.